The molecule has 0 amide bonds. The summed E-state index contributed by atoms with van der Waals surface area (Å²) >= 11 is 0. The molecule has 122 valence electrons. The fraction of sp³-hybridized carbons (Fsp3) is 0.381. The Morgan fingerprint density at radius 1 is 0.783 bits per heavy atom. The first-order valence-corrected chi connectivity index (χ1v) is 7.68. The Labute approximate surface area is 171 Å². The van der Waals surface area contributed by atoms with Crippen LogP contribution in [0.4, 0.5) is 0 Å². The van der Waals surface area contributed by atoms with E-state index < -0.39 is 0 Å². The van der Waals surface area contributed by atoms with E-state index >= 15 is 0 Å². The predicted molar refractivity (Wildman–Crippen MR) is 90.1 cm³/mol. The van der Waals surface area contributed by atoms with Gasteiger partial charge in [-0.05, 0) is 0 Å². The molecule has 0 saturated carbocycles. The summed E-state index contributed by atoms with van der Waals surface area (Å²) in [6.07, 6.45) is 4.54. The van der Waals surface area contributed by atoms with Gasteiger partial charge in [-0.3, -0.25) is 0 Å². The maximum absolute atomic E-state index is 3.36. The van der Waals surface area contributed by atoms with E-state index in [1.807, 2.05) is 24.3 Å². The molecule has 0 nitrogen and oxygen atoms in total. The van der Waals surface area contributed by atoms with Gasteiger partial charge < -0.3 is 6.42 Å². The van der Waals surface area contributed by atoms with Crippen molar-refractivity contribution in [3.05, 3.63) is 78.2 Å². The van der Waals surface area contributed by atoms with Gasteiger partial charge in [0.25, 0.3) is 0 Å². The van der Waals surface area contributed by atoms with Crippen LogP contribution in [0.3, 0.4) is 0 Å². The van der Waals surface area contributed by atoms with E-state index in [9.17, 15) is 0 Å². The number of rotatable bonds is 6. The van der Waals surface area contributed by atoms with Gasteiger partial charge in [0.05, 0.1) is 0 Å². The number of benzene rings is 2. The summed E-state index contributed by atoms with van der Waals surface area (Å²) in [5.41, 5.74) is 2.84. The van der Waals surface area contributed by atoms with Crippen LogP contribution in [0.2, 0.25) is 0 Å². The van der Waals surface area contributed by atoms with Gasteiger partial charge in [-0.1, -0.05) is 38.5 Å². The van der Waals surface area contributed by atoms with Crippen molar-refractivity contribution in [2.45, 2.75) is 51.4 Å². The third-order valence-electron chi connectivity index (χ3n) is 4.19. The monoisotopic (exact) mass is 645 g/mol. The molecular formula is C21H25W2-. The average molecular weight is 645 g/mol. The third-order valence-corrected chi connectivity index (χ3v) is 4.19. The molecule has 0 N–H and O–H groups in total. The minimum absolute atomic E-state index is 0. The molecule has 0 aliphatic rings. The molecule has 0 atom stereocenters. The first-order valence-electron chi connectivity index (χ1n) is 7.68. The van der Waals surface area contributed by atoms with Crippen molar-refractivity contribution in [2.24, 2.45) is 0 Å². The van der Waals surface area contributed by atoms with Crippen molar-refractivity contribution in [1.82, 2.24) is 0 Å². The quantitative estimate of drug-likeness (QED) is 0.364. The maximum atomic E-state index is 3.36. The van der Waals surface area contributed by atoms with Gasteiger partial charge in [0.1, 0.15) is 0 Å². The number of hydrogen-bond acceptors (Lipinski definition) is 0. The minimum atomic E-state index is 0. The largest absolute Gasteiger partial charge is 2.00 e. The van der Waals surface area contributed by atoms with Crippen LogP contribution in [0.15, 0.2) is 48.5 Å². The molecule has 23 heavy (non-hydrogen) atoms. The fourth-order valence-corrected chi connectivity index (χ4v) is 2.64. The van der Waals surface area contributed by atoms with Crippen LogP contribution in [0, 0.1) is 18.6 Å². The first-order chi connectivity index (χ1) is 9.92. The summed E-state index contributed by atoms with van der Waals surface area (Å²) in [6.45, 7) is 9.15. The van der Waals surface area contributed by atoms with Crippen LogP contribution >= 0.6 is 0 Å². The molecule has 0 aliphatic carbocycles. The summed E-state index contributed by atoms with van der Waals surface area (Å²) in [7, 11) is 0. The van der Waals surface area contributed by atoms with E-state index in [1.54, 1.807) is 0 Å². The van der Waals surface area contributed by atoms with Crippen molar-refractivity contribution in [1.29, 1.82) is 0 Å². The third kappa shape index (κ3) is 6.68. The van der Waals surface area contributed by atoms with E-state index in [2.05, 4.69) is 70.5 Å². The molecule has 0 fully saturated rings. The first kappa shape index (κ1) is 22.8. The smallest absolute Gasteiger partial charge is 0.327 e. The van der Waals surface area contributed by atoms with Crippen molar-refractivity contribution < 1.29 is 42.1 Å². The zero-order chi connectivity index (χ0) is 15.3. The van der Waals surface area contributed by atoms with Crippen LogP contribution in [0.25, 0.3) is 0 Å². The van der Waals surface area contributed by atoms with Crippen molar-refractivity contribution in [2.75, 3.05) is 0 Å². The van der Waals surface area contributed by atoms with Crippen LogP contribution in [-0.2, 0) is 53.0 Å². The zero-order valence-corrected chi connectivity index (χ0v) is 20.3. The van der Waals surface area contributed by atoms with E-state index in [1.165, 1.54) is 11.1 Å². The Kier molecular flexibility index (Phi) is 9.88. The second kappa shape index (κ2) is 9.95. The molecule has 2 rings (SSSR count). The Morgan fingerprint density at radius 2 is 1.17 bits per heavy atom. The molecule has 0 aliphatic heterocycles. The van der Waals surface area contributed by atoms with E-state index in [0.717, 1.165) is 12.8 Å². The molecule has 2 aromatic carbocycles. The summed E-state index contributed by atoms with van der Waals surface area (Å²) in [5.74, 6) is 0. The predicted octanol–water partition coefficient (Wildman–Crippen LogP) is 5.52. The standard InChI is InChI=1S/C21H25.2W/c1-20(2,18-12-7-5-8-13-18)16-11-17-21(3,4)19-14-9-6-10-15-19;;/h5-12,14H,16-17H2,1-4H3;;/q-3;;+2. The maximum Gasteiger partial charge on any atom is 2.00 e. The van der Waals surface area contributed by atoms with Crippen LogP contribution < -0.4 is 0 Å². The number of hydrogen-bond donors (Lipinski definition) is 0. The average Bonchev–Trinajstić information content (AvgIpc) is 2.49. The van der Waals surface area contributed by atoms with E-state index in [-0.39, 0.29) is 53.0 Å². The molecule has 0 spiro atoms. The fourth-order valence-electron chi connectivity index (χ4n) is 2.64. The van der Waals surface area contributed by atoms with Gasteiger partial charge in [-0.25, -0.2) is 0 Å². The van der Waals surface area contributed by atoms with Crippen LogP contribution in [-0.4, -0.2) is 0 Å². The molecule has 0 aromatic heterocycles. The van der Waals surface area contributed by atoms with Crippen LogP contribution in [0.1, 0.15) is 51.7 Å². The molecule has 2 heteroatoms. The van der Waals surface area contributed by atoms with Gasteiger partial charge in [-0.2, -0.15) is 84.6 Å². The summed E-state index contributed by atoms with van der Waals surface area (Å²) < 4.78 is 0. The summed E-state index contributed by atoms with van der Waals surface area (Å²) in [6, 6.07) is 23.3. The minimum Gasteiger partial charge on any atom is -0.327 e. The molecule has 0 heterocycles. The summed E-state index contributed by atoms with van der Waals surface area (Å²) in [4.78, 5) is 0. The summed E-state index contributed by atoms with van der Waals surface area (Å²) in [5, 5.41) is 0. The van der Waals surface area contributed by atoms with Crippen molar-refractivity contribution in [3.8, 4) is 0 Å². The molecule has 0 radical (unpaired) electrons. The van der Waals surface area contributed by atoms with Crippen LogP contribution in [0.5, 0.6) is 0 Å². The van der Waals surface area contributed by atoms with Gasteiger partial charge in [-0.15, -0.1) is 0 Å². The van der Waals surface area contributed by atoms with Crippen molar-refractivity contribution >= 4 is 0 Å². The second-order valence-corrected chi connectivity index (χ2v) is 7.02. The Bertz CT molecular complexity index is 493. The zero-order valence-electron chi connectivity index (χ0n) is 14.4. The van der Waals surface area contributed by atoms with Gasteiger partial charge in [0.2, 0.25) is 0 Å². The SMILES string of the molecule is CC(C)(C[CH-]CC(C)(C)c1[c-]cccc1)c1[c-]cccc1.[W+2].[W]. The topological polar surface area (TPSA) is 0 Å². The van der Waals surface area contributed by atoms with E-state index in [4.69, 9.17) is 0 Å². The van der Waals surface area contributed by atoms with Crippen molar-refractivity contribution in [3.63, 3.8) is 0 Å². The van der Waals surface area contributed by atoms with Gasteiger partial charge in [0.15, 0.2) is 0 Å². The molecule has 2 aromatic rings. The normalized spacial score (nSPS) is 11.3. The Morgan fingerprint density at radius 3 is 1.48 bits per heavy atom. The molecule has 0 unspecified atom stereocenters. The molecular weight excluding hydrogens is 620 g/mol. The Hall–Kier alpha value is -0.183. The molecule has 0 saturated heterocycles. The molecule has 0 bridgehead atoms. The van der Waals surface area contributed by atoms with E-state index in [0.29, 0.717) is 0 Å². The Balaban J connectivity index is 0.00000242. The van der Waals surface area contributed by atoms with Gasteiger partial charge >= 0.3 is 21.1 Å². The second-order valence-electron chi connectivity index (χ2n) is 7.02. The van der Waals surface area contributed by atoms with Gasteiger partial charge in [0, 0.05) is 21.1 Å².